The number of aromatic nitrogens is 1. The maximum atomic E-state index is 12.5. The minimum absolute atomic E-state index is 0.139. The van der Waals surface area contributed by atoms with Crippen molar-refractivity contribution in [3.05, 3.63) is 63.0 Å². The van der Waals surface area contributed by atoms with Gasteiger partial charge in [-0.1, -0.05) is 23.7 Å². The van der Waals surface area contributed by atoms with Crippen LogP contribution in [0.3, 0.4) is 0 Å². The molecular weight excluding hydrogens is 460 g/mol. The molecule has 0 fully saturated rings. The smallest absolute Gasteiger partial charge is 0.225 e. The summed E-state index contributed by atoms with van der Waals surface area (Å²) >= 11 is 8.86. The largest absolute Gasteiger partial charge is 0.317 e. The molecule has 0 aliphatic heterocycles. The molecule has 0 saturated carbocycles. The molecule has 1 aromatic carbocycles. The minimum Gasteiger partial charge on any atom is -0.317 e. The molecule has 2 heterocycles. The first-order valence-corrected chi connectivity index (χ1v) is 12.4. The zero-order chi connectivity index (χ0) is 22.5. The molecule has 3 aromatic rings. The van der Waals surface area contributed by atoms with Crippen LogP contribution >= 0.6 is 34.7 Å². The third-order valence-corrected chi connectivity index (χ3v) is 7.68. The van der Waals surface area contributed by atoms with Crippen molar-refractivity contribution in [2.75, 3.05) is 11.1 Å². The molecule has 0 spiro atoms. The number of thiophene rings is 1. The van der Waals surface area contributed by atoms with Crippen molar-refractivity contribution in [3.63, 3.8) is 0 Å². The number of carbonyl (C=O) groups is 1. The molecule has 1 amide bonds. The summed E-state index contributed by atoms with van der Waals surface area (Å²) in [6, 6.07) is 15.3. The zero-order valence-corrected chi connectivity index (χ0v) is 19.5. The lowest BCUT2D eigenvalue weighted by Gasteiger charge is -2.09. The summed E-state index contributed by atoms with van der Waals surface area (Å²) in [5.74, 6) is 0.338. The number of nitrogens with one attached hydrogen (secondary N) is 1. The molecular formula is C24H19ClN4OS2. The van der Waals surface area contributed by atoms with Gasteiger partial charge in [0.05, 0.1) is 16.8 Å². The number of carbonyl (C=O) groups excluding carboxylic acids is 1. The molecule has 1 aliphatic rings. The van der Waals surface area contributed by atoms with E-state index in [1.165, 1.54) is 28.0 Å². The number of rotatable bonds is 6. The lowest BCUT2D eigenvalue weighted by Crippen LogP contribution is -2.12. The highest BCUT2D eigenvalue weighted by Gasteiger charge is 2.21. The van der Waals surface area contributed by atoms with Crippen molar-refractivity contribution < 1.29 is 4.79 Å². The molecule has 1 N–H and O–H groups in total. The molecule has 4 rings (SSSR count). The zero-order valence-electron chi connectivity index (χ0n) is 17.2. The molecule has 1 aliphatic carbocycles. The van der Waals surface area contributed by atoms with E-state index in [1.54, 1.807) is 24.3 Å². The summed E-state index contributed by atoms with van der Waals surface area (Å²) in [5.41, 5.74) is 3.86. The Kier molecular flexibility index (Phi) is 7.12. The quantitative estimate of drug-likeness (QED) is 0.425. The summed E-state index contributed by atoms with van der Waals surface area (Å²) in [4.78, 5) is 18.4. The number of fused-ring (bicyclic) bond motifs is 1. The van der Waals surface area contributed by atoms with Crippen LogP contribution in [0.1, 0.15) is 40.8 Å². The summed E-state index contributed by atoms with van der Waals surface area (Å²) in [6.07, 6.45) is 4.37. The number of aryl methyl sites for hydroxylation is 1. The van der Waals surface area contributed by atoms with Crippen LogP contribution in [0, 0.1) is 22.7 Å². The fraction of sp³-hybridized carbons (Fsp3) is 0.250. The van der Waals surface area contributed by atoms with E-state index in [9.17, 15) is 15.3 Å². The topological polar surface area (TPSA) is 89.6 Å². The number of anilines is 1. The van der Waals surface area contributed by atoms with E-state index in [0.29, 0.717) is 31.9 Å². The highest BCUT2D eigenvalue weighted by Crippen LogP contribution is 2.37. The summed E-state index contributed by atoms with van der Waals surface area (Å²) in [5, 5.41) is 23.8. The number of halogens is 1. The van der Waals surface area contributed by atoms with Gasteiger partial charge >= 0.3 is 0 Å². The van der Waals surface area contributed by atoms with Crippen molar-refractivity contribution in [3.8, 4) is 23.4 Å². The van der Waals surface area contributed by atoms with E-state index in [2.05, 4.69) is 22.4 Å². The van der Waals surface area contributed by atoms with E-state index in [1.807, 2.05) is 12.1 Å². The first-order chi connectivity index (χ1) is 15.6. The van der Waals surface area contributed by atoms with Crippen molar-refractivity contribution >= 4 is 45.6 Å². The van der Waals surface area contributed by atoms with E-state index in [0.717, 1.165) is 42.5 Å². The van der Waals surface area contributed by atoms with Gasteiger partial charge in [-0.15, -0.1) is 23.1 Å². The predicted molar refractivity (Wildman–Crippen MR) is 129 cm³/mol. The van der Waals surface area contributed by atoms with Gasteiger partial charge in [-0.05, 0) is 55.5 Å². The van der Waals surface area contributed by atoms with Gasteiger partial charge in [0.25, 0.3) is 0 Å². The van der Waals surface area contributed by atoms with Crippen LogP contribution in [-0.2, 0) is 17.6 Å². The Hall–Kier alpha value is -2.84. The van der Waals surface area contributed by atoms with Crippen LogP contribution < -0.4 is 5.32 Å². The lowest BCUT2D eigenvalue weighted by atomic mass is 9.96. The van der Waals surface area contributed by atoms with Gasteiger partial charge in [0.1, 0.15) is 22.2 Å². The lowest BCUT2D eigenvalue weighted by molar-refractivity contribution is -0.115. The highest BCUT2D eigenvalue weighted by molar-refractivity contribution is 7.99. The summed E-state index contributed by atoms with van der Waals surface area (Å²) < 4.78 is 0. The fourth-order valence-corrected chi connectivity index (χ4v) is 5.91. The summed E-state index contributed by atoms with van der Waals surface area (Å²) in [6.45, 7) is 0. The number of pyridine rings is 1. The van der Waals surface area contributed by atoms with Gasteiger partial charge in [0, 0.05) is 27.6 Å². The Bertz CT molecular complexity index is 1240. The van der Waals surface area contributed by atoms with Gasteiger partial charge in [-0.3, -0.25) is 4.79 Å². The molecule has 5 nitrogen and oxygen atoms in total. The molecule has 0 bridgehead atoms. The van der Waals surface area contributed by atoms with Crippen molar-refractivity contribution in [1.29, 1.82) is 10.5 Å². The number of thioether (sulfide) groups is 1. The van der Waals surface area contributed by atoms with Crippen LogP contribution in [0.15, 0.2) is 41.4 Å². The fourth-order valence-electron chi connectivity index (χ4n) is 3.62. The average molecular weight is 479 g/mol. The van der Waals surface area contributed by atoms with E-state index in [4.69, 9.17) is 11.6 Å². The van der Waals surface area contributed by atoms with Crippen molar-refractivity contribution in [1.82, 2.24) is 4.98 Å². The summed E-state index contributed by atoms with van der Waals surface area (Å²) in [7, 11) is 0. The molecule has 8 heteroatoms. The maximum Gasteiger partial charge on any atom is 0.225 e. The number of benzene rings is 1. The van der Waals surface area contributed by atoms with Crippen LogP contribution in [0.2, 0.25) is 5.02 Å². The second-order valence-corrected chi connectivity index (χ2v) is 9.97. The molecule has 0 saturated heterocycles. The Morgan fingerprint density at radius 2 is 1.91 bits per heavy atom. The molecule has 0 unspecified atom stereocenters. The van der Waals surface area contributed by atoms with Crippen LogP contribution in [-0.4, -0.2) is 16.6 Å². The van der Waals surface area contributed by atoms with E-state index < -0.39 is 0 Å². The number of nitriles is 2. The van der Waals surface area contributed by atoms with Crippen LogP contribution in [0.4, 0.5) is 5.00 Å². The normalized spacial score (nSPS) is 12.5. The third-order valence-electron chi connectivity index (χ3n) is 5.22. The van der Waals surface area contributed by atoms with Gasteiger partial charge in [0.2, 0.25) is 5.91 Å². The Balaban J connectivity index is 1.41. The molecule has 160 valence electrons. The number of nitrogens with zero attached hydrogens (tertiary/aromatic N) is 3. The monoisotopic (exact) mass is 478 g/mol. The first kappa shape index (κ1) is 22.4. The molecule has 0 radical (unpaired) electrons. The van der Waals surface area contributed by atoms with Crippen LogP contribution in [0.5, 0.6) is 0 Å². The standard InChI is InChI=1S/C24H19ClN4OS2/c25-17-8-5-15(6-9-17)20-10-7-16(13-26)23(28-20)31-12-11-22(30)29-24-19(14-27)18-3-1-2-4-21(18)32-24/h5-10H,1-4,11-12H2,(H,29,30). The average Bonchev–Trinajstić information content (AvgIpc) is 3.16. The Morgan fingerprint density at radius 1 is 1.12 bits per heavy atom. The SMILES string of the molecule is N#Cc1ccc(-c2ccc(Cl)cc2)nc1SCCC(=O)Nc1sc2c(c1C#N)CCCC2. The first-order valence-electron chi connectivity index (χ1n) is 10.2. The van der Waals surface area contributed by atoms with Gasteiger partial charge in [-0.2, -0.15) is 10.5 Å². The van der Waals surface area contributed by atoms with Crippen molar-refractivity contribution in [2.24, 2.45) is 0 Å². The van der Waals surface area contributed by atoms with Gasteiger partial charge < -0.3 is 5.32 Å². The molecule has 32 heavy (non-hydrogen) atoms. The Labute approximate surface area is 200 Å². The number of hydrogen-bond acceptors (Lipinski definition) is 6. The van der Waals surface area contributed by atoms with Gasteiger partial charge in [0.15, 0.2) is 0 Å². The third kappa shape index (κ3) is 4.97. The van der Waals surface area contributed by atoms with Crippen LogP contribution in [0.25, 0.3) is 11.3 Å². The number of amides is 1. The maximum absolute atomic E-state index is 12.5. The Morgan fingerprint density at radius 3 is 2.66 bits per heavy atom. The van der Waals surface area contributed by atoms with Gasteiger partial charge in [-0.25, -0.2) is 4.98 Å². The molecule has 0 atom stereocenters. The molecule has 2 aromatic heterocycles. The van der Waals surface area contributed by atoms with E-state index >= 15 is 0 Å². The van der Waals surface area contributed by atoms with E-state index in [-0.39, 0.29) is 12.3 Å². The second-order valence-electron chi connectivity index (χ2n) is 7.34. The second kappa shape index (κ2) is 10.2. The van der Waals surface area contributed by atoms with Crippen molar-refractivity contribution in [2.45, 2.75) is 37.1 Å². The number of hydrogen-bond donors (Lipinski definition) is 1. The minimum atomic E-state index is -0.139. The predicted octanol–water partition coefficient (Wildman–Crippen LogP) is 6.21. The highest BCUT2D eigenvalue weighted by atomic mass is 35.5.